The van der Waals surface area contributed by atoms with E-state index in [2.05, 4.69) is 20.7 Å². The first-order valence-electron chi connectivity index (χ1n) is 5.70. The van der Waals surface area contributed by atoms with Gasteiger partial charge < -0.3 is 14.4 Å². The van der Waals surface area contributed by atoms with Crippen LogP contribution < -0.4 is 10.1 Å². The van der Waals surface area contributed by atoms with Crippen LogP contribution in [0.25, 0.3) is 0 Å². The van der Waals surface area contributed by atoms with Crippen molar-refractivity contribution in [3.8, 4) is 5.75 Å². The molecule has 21 heavy (non-hydrogen) atoms. The molecular weight excluding hydrogens is 280 g/mol. The van der Waals surface area contributed by atoms with Crippen LogP contribution in [0.3, 0.4) is 0 Å². The molecule has 2 rings (SSSR count). The minimum absolute atomic E-state index is 0.0823. The maximum absolute atomic E-state index is 12.1. The molecule has 0 spiro atoms. The van der Waals surface area contributed by atoms with Crippen molar-refractivity contribution in [1.82, 2.24) is 4.98 Å². The minimum atomic E-state index is -0.582. The van der Waals surface area contributed by atoms with Crippen molar-refractivity contribution in [3.05, 3.63) is 36.0 Å². The van der Waals surface area contributed by atoms with E-state index in [4.69, 9.17) is 14.4 Å². The summed E-state index contributed by atoms with van der Waals surface area (Å²) in [5.74, 6) is -1.09. The molecule has 0 aliphatic carbocycles. The summed E-state index contributed by atoms with van der Waals surface area (Å²) in [6.45, 7) is 1.23. The maximum Gasteiger partial charge on any atom is 0.308 e. The van der Waals surface area contributed by atoms with Crippen molar-refractivity contribution >= 4 is 23.8 Å². The van der Waals surface area contributed by atoms with Gasteiger partial charge in [0.15, 0.2) is 0 Å². The van der Waals surface area contributed by atoms with Crippen LogP contribution >= 0.6 is 0 Å². The molecule has 9 heteroatoms. The van der Waals surface area contributed by atoms with Crippen molar-refractivity contribution in [2.75, 3.05) is 5.32 Å². The molecule has 0 saturated carbocycles. The lowest BCUT2D eigenvalue weighted by Gasteiger charge is -2.07. The van der Waals surface area contributed by atoms with E-state index in [0.717, 1.165) is 6.20 Å². The van der Waals surface area contributed by atoms with Crippen LogP contribution in [0.1, 0.15) is 17.3 Å². The number of hydrogen-bond acceptors (Lipinski definition) is 7. The van der Waals surface area contributed by atoms with E-state index in [9.17, 15) is 9.59 Å². The highest BCUT2D eigenvalue weighted by Crippen LogP contribution is 2.21. The van der Waals surface area contributed by atoms with Crippen LogP contribution in [0.2, 0.25) is 0 Å². The zero-order valence-corrected chi connectivity index (χ0v) is 10.8. The SMILES string of the molecule is CC(=O)Oc1ccccc1C(=O)Nc1ncc(/N=N\O)o1. The van der Waals surface area contributed by atoms with Crippen molar-refractivity contribution in [1.29, 1.82) is 0 Å². The monoisotopic (exact) mass is 290 g/mol. The van der Waals surface area contributed by atoms with Gasteiger partial charge in [0, 0.05) is 12.2 Å². The smallest absolute Gasteiger partial charge is 0.308 e. The normalized spacial score (nSPS) is 10.5. The molecule has 1 aromatic heterocycles. The molecule has 2 N–H and O–H groups in total. The first kappa shape index (κ1) is 14.2. The summed E-state index contributed by atoms with van der Waals surface area (Å²) in [4.78, 5) is 26.8. The average molecular weight is 290 g/mol. The number of benzene rings is 1. The fourth-order valence-corrected chi connectivity index (χ4v) is 1.48. The predicted octanol–water partition coefficient (Wildman–Crippen LogP) is 2.33. The molecule has 0 fully saturated rings. The van der Waals surface area contributed by atoms with Gasteiger partial charge in [0.05, 0.1) is 11.8 Å². The highest BCUT2D eigenvalue weighted by atomic mass is 16.5. The van der Waals surface area contributed by atoms with E-state index in [1.54, 1.807) is 12.1 Å². The number of amides is 1. The number of para-hydroxylation sites is 1. The van der Waals surface area contributed by atoms with Crippen molar-refractivity contribution in [2.45, 2.75) is 6.92 Å². The van der Waals surface area contributed by atoms with E-state index < -0.39 is 11.9 Å². The van der Waals surface area contributed by atoms with Gasteiger partial charge in [0.25, 0.3) is 11.8 Å². The second-order valence-corrected chi connectivity index (χ2v) is 3.74. The Morgan fingerprint density at radius 3 is 2.86 bits per heavy atom. The van der Waals surface area contributed by atoms with E-state index in [0.29, 0.717) is 0 Å². The van der Waals surface area contributed by atoms with Gasteiger partial charge in [-0.2, -0.15) is 4.98 Å². The summed E-state index contributed by atoms with van der Waals surface area (Å²) in [6.07, 6.45) is 1.16. The van der Waals surface area contributed by atoms with E-state index in [-0.39, 0.29) is 23.2 Å². The maximum atomic E-state index is 12.1. The molecule has 0 radical (unpaired) electrons. The number of carbonyl (C=O) groups excluding carboxylic acids is 2. The number of anilines is 1. The van der Waals surface area contributed by atoms with Crippen LogP contribution in [-0.4, -0.2) is 22.1 Å². The molecular formula is C12H10N4O5. The number of carbonyl (C=O) groups is 2. The summed E-state index contributed by atoms with van der Waals surface area (Å²) < 4.78 is 9.90. The quantitative estimate of drug-likeness (QED) is 0.385. The molecule has 1 amide bonds. The Morgan fingerprint density at radius 2 is 2.14 bits per heavy atom. The molecule has 1 heterocycles. The number of oxazole rings is 1. The van der Waals surface area contributed by atoms with Gasteiger partial charge in [0.2, 0.25) is 0 Å². The van der Waals surface area contributed by atoms with Crippen molar-refractivity contribution in [3.63, 3.8) is 0 Å². The number of hydrogen-bond donors (Lipinski definition) is 2. The molecule has 9 nitrogen and oxygen atoms in total. The average Bonchev–Trinajstić information content (AvgIpc) is 2.86. The molecule has 0 aliphatic heterocycles. The fraction of sp³-hybridized carbons (Fsp3) is 0.0833. The van der Waals surface area contributed by atoms with Gasteiger partial charge in [-0.3, -0.25) is 14.9 Å². The third kappa shape index (κ3) is 3.62. The predicted molar refractivity (Wildman–Crippen MR) is 68.5 cm³/mol. The molecule has 1 aromatic carbocycles. The number of nitrogens with zero attached hydrogens (tertiary/aromatic N) is 3. The number of rotatable bonds is 4. The summed E-state index contributed by atoms with van der Waals surface area (Å²) in [5, 5.41) is 16.3. The summed E-state index contributed by atoms with van der Waals surface area (Å²) >= 11 is 0. The van der Waals surface area contributed by atoms with Gasteiger partial charge in [-0.15, -0.1) is 0 Å². The molecule has 0 unspecified atom stereocenters. The van der Waals surface area contributed by atoms with Gasteiger partial charge in [0.1, 0.15) is 5.75 Å². The van der Waals surface area contributed by atoms with Crippen molar-refractivity contribution in [2.24, 2.45) is 10.4 Å². The van der Waals surface area contributed by atoms with Gasteiger partial charge >= 0.3 is 12.0 Å². The Morgan fingerprint density at radius 1 is 1.38 bits per heavy atom. The second-order valence-electron chi connectivity index (χ2n) is 3.74. The summed E-state index contributed by atoms with van der Waals surface area (Å²) in [6, 6.07) is 6.06. The number of aromatic nitrogens is 1. The standard InChI is InChI=1S/C12H10N4O5/c1-7(17)20-9-5-3-2-4-8(9)11(18)14-12-13-6-10(21-12)15-16-19/h2-6H,1H3,(H,15,19)(H,13,14,18). The van der Waals surface area contributed by atoms with Crippen molar-refractivity contribution < 1.29 is 24.0 Å². The highest BCUT2D eigenvalue weighted by molar-refractivity contribution is 6.05. The van der Waals surface area contributed by atoms with Gasteiger partial charge in [-0.25, -0.2) is 0 Å². The van der Waals surface area contributed by atoms with E-state index in [1.165, 1.54) is 19.1 Å². The van der Waals surface area contributed by atoms with Gasteiger partial charge in [-0.1, -0.05) is 17.2 Å². The largest absolute Gasteiger partial charge is 0.426 e. The lowest BCUT2D eigenvalue weighted by atomic mass is 10.2. The number of nitrogens with one attached hydrogen (secondary N) is 1. The van der Waals surface area contributed by atoms with Crippen LogP contribution in [-0.2, 0) is 4.79 Å². The van der Waals surface area contributed by atoms with Gasteiger partial charge in [-0.05, 0) is 12.1 Å². The Hall–Kier alpha value is -3.23. The Labute approximate surface area is 118 Å². The van der Waals surface area contributed by atoms with Crippen LogP contribution in [0.15, 0.2) is 45.3 Å². The molecule has 108 valence electrons. The van der Waals surface area contributed by atoms with E-state index in [1.807, 2.05) is 0 Å². The van der Waals surface area contributed by atoms with Crippen LogP contribution in [0, 0.1) is 0 Å². The molecule has 2 aromatic rings. The highest BCUT2D eigenvalue weighted by Gasteiger charge is 2.16. The van der Waals surface area contributed by atoms with Crippen LogP contribution in [0.4, 0.5) is 11.9 Å². The first-order valence-corrected chi connectivity index (χ1v) is 5.70. The van der Waals surface area contributed by atoms with Crippen LogP contribution in [0.5, 0.6) is 5.75 Å². The number of esters is 1. The lowest BCUT2D eigenvalue weighted by molar-refractivity contribution is -0.131. The first-order chi connectivity index (χ1) is 10.1. The Balaban J connectivity index is 2.17. The summed E-state index contributed by atoms with van der Waals surface area (Å²) in [7, 11) is 0. The third-order valence-corrected chi connectivity index (χ3v) is 2.24. The second kappa shape index (κ2) is 6.28. The molecule has 0 bridgehead atoms. The molecule has 0 aliphatic rings. The molecule has 0 atom stereocenters. The minimum Gasteiger partial charge on any atom is -0.426 e. The Bertz CT molecular complexity index is 694. The lowest BCUT2D eigenvalue weighted by Crippen LogP contribution is -2.14. The number of ether oxygens (including phenoxy) is 1. The van der Waals surface area contributed by atoms with E-state index >= 15 is 0 Å². The Kier molecular flexibility index (Phi) is 4.24. The summed E-state index contributed by atoms with van der Waals surface area (Å²) in [5.41, 5.74) is 0.135. The third-order valence-electron chi connectivity index (χ3n) is 2.24. The fourth-order valence-electron chi connectivity index (χ4n) is 1.48. The zero-order chi connectivity index (χ0) is 15.2. The zero-order valence-electron chi connectivity index (χ0n) is 10.8. The molecule has 0 saturated heterocycles. The topological polar surface area (TPSA) is 126 Å².